The van der Waals surface area contributed by atoms with Crippen LogP contribution in [-0.4, -0.2) is 27.1 Å². The molecule has 0 bridgehead atoms. The smallest absolute Gasteiger partial charge is 0.241 e. The van der Waals surface area contributed by atoms with E-state index in [-0.39, 0.29) is 18.5 Å². The molecule has 2 rings (SSSR count). The third-order valence-corrected chi connectivity index (χ3v) is 6.09. The highest BCUT2D eigenvalue weighted by molar-refractivity contribution is 7.92. The summed E-state index contributed by atoms with van der Waals surface area (Å²) >= 11 is 0. The summed E-state index contributed by atoms with van der Waals surface area (Å²) in [7, 11) is -3.61. The number of hydrogen-bond acceptors (Lipinski definition) is 3. The van der Waals surface area contributed by atoms with Crippen LogP contribution in [0.3, 0.4) is 0 Å². The first kappa shape index (κ1) is 22.0. The molecule has 6 heteroatoms. The van der Waals surface area contributed by atoms with E-state index in [1.807, 2.05) is 71.9 Å². The quantitative estimate of drug-likeness (QED) is 0.798. The lowest BCUT2D eigenvalue weighted by molar-refractivity contribution is -0.120. The second-order valence-electron chi connectivity index (χ2n) is 7.65. The normalized spacial score (nSPS) is 12.5. The Morgan fingerprint density at radius 3 is 2.04 bits per heavy atom. The van der Waals surface area contributed by atoms with Gasteiger partial charge in [-0.2, -0.15) is 0 Å². The number of rotatable bonds is 6. The minimum atomic E-state index is -3.61. The van der Waals surface area contributed by atoms with Gasteiger partial charge in [-0.1, -0.05) is 35.9 Å². The van der Waals surface area contributed by atoms with Gasteiger partial charge in [0.25, 0.3) is 0 Å². The molecule has 0 spiro atoms. The van der Waals surface area contributed by atoms with Gasteiger partial charge in [-0.3, -0.25) is 9.10 Å². The van der Waals surface area contributed by atoms with Crippen molar-refractivity contribution in [1.29, 1.82) is 0 Å². The van der Waals surface area contributed by atoms with Gasteiger partial charge >= 0.3 is 0 Å². The highest BCUT2D eigenvalue weighted by Gasteiger charge is 2.25. The van der Waals surface area contributed by atoms with Crippen LogP contribution < -0.4 is 9.62 Å². The van der Waals surface area contributed by atoms with Gasteiger partial charge in [0.2, 0.25) is 15.9 Å². The van der Waals surface area contributed by atoms with E-state index in [2.05, 4.69) is 5.32 Å². The van der Waals surface area contributed by atoms with Crippen LogP contribution in [0.25, 0.3) is 0 Å². The fraction of sp³-hybridized carbons (Fsp3) is 0.409. The Kier molecular flexibility index (Phi) is 6.55. The molecule has 0 aliphatic heterocycles. The summed E-state index contributed by atoms with van der Waals surface area (Å²) in [4.78, 5) is 12.7. The summed E-state index contributed by atoms with van der Waals surface area (Å²) in [6.07, 6.45) is 1.13. The Hall–Kier alpha value is -2.34. The first-order chi connectivity index (χ1) is 12.9. The van der Waals surface area contributed by atoms with E-state index >= 15 is 0 Å². The van der Waals surface area contributed by atoms with Crippen molar-refractivity contribution in [2.24, 2.45) is 0 Å². The minimum Gasteiger partial charge on any atom is -0.348 e. The Balaban J connectivity index is 2.26. The monoisotopic (exact) mass is 402 g/mol. The minimum absolute atomic E-state index is 0.214. The number of nitrogens with zero attached hydrogens (tertiary/aromatic N) is 1. The molecule has 1 amide bonds. The van der Waals surface area contributed by atoms with Crippen molar-refractivity contribution in [3.63, 3.8) is 0 Å². The van der Waals surface area contributed by atoms with Crippen molar-refractivity contribution in [3.05, 3.63) is 63.7 Å². The molecule has 28 heavy (non-hydrogen) atoms. The Morgan fingerprint density at radius 2 is 1.54 bits per heavy atom. The molecule has 0 heterocycles. The van der Waals surface area contributed by atoms with E-state index < -0.39 is 10.0 Å². The second kappa shape index (κ2) is 8.35. The predicted molar refractivity (Wildman–Crippen MR) is 115 cm³/mol. The second-order valence-corrected chi connectivity index (χ2v) is 9.56. The van der Waals surface area contributed by atoms with E-state index in [1.54, 1.807) is 0 Å². The number of amides is 1. The summed E-state index contributed by atoms with van der Waals surface area (Å²) in [5.74, 6) is -0.337. The molecule has 5 nitrogen and oxygen atoms in total. The van der Waals surface area contributed by atoms with Crippen LogP contribution in [0, 0.1) is 34.6 Å². The molecular weight excluding hydrogens is 372 g/mol. The SMILES string of the molecule is Cc1cc(C)c(N(CC(=O)N[C@@H](C)c2ccc(C)c(C)c2)S(C)(=O)=O)c(C)c1. The number of hydrogen-bond donors (Lipinski definition) is 1. The van der Waals surface area contributed by atoms with Crippen LogP contribution in [0.5, 0.6) is 0 Å². The van der Waals surface area contributed by atoms with Crippen molar-refractivity contribution in [2.45, 2.75) is 47.6 Å². The number of carbonyl (C=O) groups excluding carboxylic acids is 1. The fourth-order valence-corrected chi connectivity index (χ4v) is 4.43. The molecule has 0 saturated carbocycles. The van der Waals surface area contributed by atoms with Crippen LogP contribution in [0.4, 0.5) is 5.69 Å². The third kappa shape index (κ3) is 5.13. The summed E-state index contributed by atoms with van der Waals surface area (Å²) < 4.78 is 26.1. The van der Waals surface area contributed by atoms with Crippen molar-refractivity contribution in [2.75, 3.05) is 17.1 Å². The lowest BCUT2D eigenvalue weighted by Crippen LogP contribution is -2.41. The number of aryl methyl sites for hydroxylation is 5. The molecule has 0 unspecified atom stereocenters. The summed E-state index contributed by atoms with van der Waals surface area (Å²) in [6.45, 7) is 11.4. The molecule has 2 aromatic carbocycles. The fourth-order valence-electron chi connectivity index (χ4n) is 3.46. The molecule has 0 aliphatic carbocycles. The van der Waals surface area contributed by atoms with Gasteiger partial charge in [-0.15, -0.1) is 0 Å². The van der Waals surface area contributed by atoms with Crippen molar-refractivity contribution >= 4 is 21.6 Å². The molecule has 0 aliphatic rings. The Bertz CT molecular complexity index is 974. The van der Waals surface area contributed by atoms with Gasteiger partial charge in [0.15, 0.2) is 0 Å². The molecule has 0 radical (unpaired) electrons. The van der Waals surface area contributed by atoms with Gasteiger partial charge in [-0.25, -0.2) is 8.42 Å². The number of sulfonamides is 1. The molecule has 2 aromatic rings. The van der Waals surface area contributed by atoms with E-state index in [0.29, 0.717) is 5.69 Å². The zero-order chi connectivity index (χ0) is 21.2. The average molecular weight is 403 g/mol. The van der Waals surface area contributed by atoms with Crippen LogP contribution in [0.15, 0.2) is 30.3 Å². The average Bonchev–Trinajstić information content (AvgIpc) is 2.54. The number of carbonyl (C=O) groups is 1. The van der Waals surface area contributed by atoms with E-state index in [0.717, 1.165) is 34.1 Å². The lowest BCUT2D eigenvalue weighted by atomic mass is 10.0. The number of nitrogens with one attached hydrogen (secondary N) is 1. The highest BCUT2D eigenvalue weighted by Crippen LogP contribution is 2.28. The Labute approximate surface area is 168 Å². The standard InChI is InChI=1S/C22H30N2O3S/c1-14-10-17(4)22(18(5)11-14)24(28(7,26)27)13-21(25)23-19(6)20-9-8-15(2)16(3)12-20/h8-12,19H,13H2,1-7H3,(H,23,25)/t19-/m0/s1. The zero-order valence-corrected chi connectivity index (χ0v) is 18.6. The summed E-state index contributed by atoms with van der Waals surface area (Å²) in [6, 6.07) is 9.69. The van der Waals surface area contributed by atoms with Crippen molar-refractivity contribution in [1.82, 2.24) is 5.32 Å². The third-order valence-electron chi connectivity index (χ3n) is 4.98. The molecule has 152 valence electrons. The summed E-state index contributed by atoms with van der Waals surface area (Å²) in [5, 5.41) is 2.92. The topological polar surface area (TPSA) is 66.5 Å². The first-order valence-electron chi connectivity index (χ1n) is 9.32. The van der Waals surface area contributed by atoms with Crippen molar-refractivity contribution in [3.8, 4) is 0 Å². The molecular formula is C22H30N2O3S. The first-order valence-corrected chi connectivity index (χ1v) is 11.2. The maximum Gasteiger partial charge on any atom is 0.241 e. The molecule has 1 atom stereocenters. The lowest BCUT2D eigenvalue weighted by Gasteiger charge is -2.26. The van der Waals surface area contributed by atoms with Gasteiger partial charge in [0.05, 0.1) is 18.0 Å². The molecule has 0 aromatic heterocycles. The molecule has 0 saturated heterocycles. The maximum atomic E-state index is 12.7. The van der Waals surface area contributed by atoms with Gasteiger partial charge < -0.3 is 5.32 Å². The van der Waals surface area contributed by atoms with Crippen LogP contribution in [0.1, 0.15) is 46.3 Å². The van der Waals surface area contributed by atoms with Gasteiger partial charge in [0.1, 0.15) is 6.54 Å². The summed E-state index contributed by atoms with van der Waals surface area (Å²) in [5.41, 5.74) is 6.63. The van der Waals surface area contributed by atoms with Gasteiger partial charge in [-0.05, 0) is 69.4 Å². The number of benzene rings is 2. The van der Waals surface area contributed by atoms with Crippen LogP contribution >= 0.6 is 0 Å². The van der Waals surface area contributed by atoms with E-state index in [4.69, 9.17) is 0 Å². The van der Waals surface area contributed by atoms with Crippen molar-refractivity contribution < 1.29 is 13.2 Å². The van der Waals surface area contributed by atoms with Crippen LogP contribution in [-0.2, 0) is 14.8 Å². The number of anilines is 1. The largest absolute Gasteiger partial charge is 0.348 e. The van der Waals surface area contributed by atoms with E-state index in [1.165, 1.54) is 9.87 Å². The molecule has 0 fully saturated rings. The highest BCUT2D eigenvalue weighted by atomic mass is 32.2. The zero-order valence-electron chi connectivity index (χ0n) is 17.8. The predicted octanol–water partition coefficient (Wildman–Crippen LogP) is 3.87. The molecule has 1 N–H and O–H groups in total. The van der Waals surface area contributed by atoms with E-state index in [9.17, 15) is 13.2 Å². The Morgan fingerprint density at radius 1 is 0.964 bits per heavy atom. The van der Waals surface area contributed by atoms with Crippen LogP contribution in [0.2, 0.25) is 0 Å². The maximum absolute atomic E-state index is 12.7. The van der Waals surface area contributed by atoms with Gasteiger partial charge in [0, 0.05) is 0 Å².